The molecule has 0 aliphatic heterocycles. The monoisotopic (exact) mass is 344 g/mol. The van der Waals surface area contributed by atoms with Crippen LogP contribution in [0.25, 0.3) is 0 Å². The Kier molecular flexibility index (Phi) is 7.10. The molecule has 1 amide bonds. The molecule has 0 heterocycles. The number of carbonyl (C=O) groups is 1. The average Bonchev–Trinajstić information content (AvgIpc) is 2.65. The Morgan fingerprint density at radius 1 is 0.960 bits per heavy atom. The molecular formula is C19H24N2O4. The van der Waals surface area contributed by atoms with E-state index in [4.69, 9.17) is 14.2 Å². The molecule has 0 fully saturated rings. The molecule has 0 unspecified atom stereocenters. The van der Waals surface area contributed by atoms with Crippen LogP contribution < -0.4 is 24.8 Å². The minimum Gasteiger partial charge on any atom is -0.497 e. The third kappa shape index (κ3) is 5.69. The normalized spacial score (nSPS) is 10.2. The Hall–Kier alpha value is -2.73. The van der Waals surface area contributed by atoms with Gasteiger partial charge >= 0.3 is 0 Å². The van der Waals surface area contributed by atoms with E-state index < -0.39 is 0 Å². The number of anilines is 1. The molecule has 2 aromatic carbocycles. The van der Waals surface area contributed by atoms with E-state index in [2.05, 4.69) is 10.6 Å². The standard InChI is InChI=1S/C19H24N2O4/c1-23-15-6-4-5-14(11-15)9-10-20-13-19(22)21-17-12-16(24-2)7-8-18(17)25-3/h4-8,11-12,20H,9-10,13H2,1-3H3,(H,21,22). The van der Waals surface area contributed by atoms with Gasteiger partial charge in [0, 0.05) is 6.07 Å². The van der Waals surface area contributed by atoms with Crippen LogP contribution in [-0.4, -0.2) is 40.3 Å². The fourth-order valence-electron chi connectivity index (χ4n) is 2.37. The summed E-state index contributed by atoms with van der Waals surface area (Å²) < 4.78 is 15.6. The van der Waals surface area contributed by atoms with E-state index in [0.29, 0.717) is 23.7 Å². The van der Waals surface area contributed by atoms with E-state index in [1.54, 1.807) is 39.5 Å². The largest absolute Gasteiger partial charge is 0.497 e. The Morgan fingerprint density at radius 2 is 1.72 bits per heavy atom. The van der Waals surface area contributed by atoms with Crippen LogP contribution in [-0.2, 0) is 11.2 Å². The van der Waals surface area contributed by atoms with Gasteiger partial charge < -0.3 is 24.8 Å². The van der Waals surface area contributed by atoms with Crippen molar-refractivity contribution in [2.24, 2.45) is 0 Å². The van der Waals surface area contributed by atoms with Crippen molar-refractivity contribution >= 4 is 11.6 Å². The summed E-state index contributed by atoms with van der Waals surface area (Å²) in [5.41, 5.74) is 1.74. The summed E-state index contributed by atoms with van der Waals surface area (Å²) in [4.78, 5) is 12.1. The maximum atomic E-state index is 12.1. The highest BCUT2D eigenvalue weighted by Gasteiger charge is 2.09. The van der Waals surface area contributed by atoms with Crippen LogP contribution in [0.2, 0.25) is 0 Å². The zero-order valence-corrected chi connectivity index (χ0v) is 14.8. The summed E-state index contributed by atoms with van der Waals surface area (Å²) in [5.74, 6) is 1.94. The SMILES string of the molecule is COc1cccc(CCNCC(=O)Nc2cc(OC)ccc2OC)c1. The smallest absolute Gasteiger partial charge is 0.238 e. The van der Waals surface area contributed by atoms with E-state index in [0.717, 1.165) is 17.7 Å². The zero-order chi connectivity index (χ0) is 18.1. The minimum atomic E-state index is -0.141. The first-order valence-corrected chi connectivity index (χ1v) is 8.01. The van der Waals surface area contributed by atoms with Gasteiger partial charge in [-0.2, -0.15) is 0 Å². The summed E-state index contributed by atoms with van der Waals surface area (Å²) in [6.45, 7) is 0.903. The van der Waals surface area contributed by atoms with Gasteiger partial charge in [-0.15, -0.1) is 0 Å². The molecule has 0 atom stereocenters. The molecule has 0 radical (unpaired) electrons. The van der Waals surface area contributed by atoms with Gasteiger partial charge in [0.15, 0.2) is 0 Å². The molecule has 6 nitrogen and oxygen atoms in total. The molecule has 0 spiro atoms. The molecule has 0 aromatic heterocycles. The van der Waals surface area contributed by atoms with Crippen LogP contribution in [0.5, 0.6) is 17.2 Å². The highest BCUT2D eigenvalue weighted by Crippen LogP contribution is 2.28. The minimum absolute atomic E-state index is 0.141. The molecule has 2 N–H and O–H groups in total. The Labute approximate surface area is 148 Å². The highest BCUT2D eigenvalue weighted by molar-refractivity contribution is 5.93. The summed E-state index contributed by atoms with van der Waals surface area (Å²) >= 11 is 0. The predicted octanol–water partition coefficient (Wildman–Crippen LogP) is 2.48. The van der Waals surface area contributed by atoms with Gasteiger partial charge in [-0.05, 0) is 42.8 Å². The first kappa shape index (κ1) is 18.6. The van der Waals surface area contributed by atoms with Gasteiger partial charge in [0.1, 0.15) is 17.2 Å². The molecule has 25 heavy (non-hydrogen) atoms. The van der Waals surface area contributed by atoms with Gasteiger partial charge in [-0.25, -0.2) is 0 Å². The molecular weight excluding hydrogens is 320 g/mol. The van der Waals surface area contributed by atoms with Crippen molar-refractivity contribution in [3.05, 3.63) is 48.0 Å². The molecule has 2 aromatic rings. The molecule has 6 heteroatoms. The molecule has 0 aliphatic carbocycles. The number of benzene rings is 2. The van der Waals surface area contributed by atoms with Gasteiger partial charge in [0.2, 0.25) is 5.91 Å². The number of ether oxygens (including phenoxy) is 3. The Balaban J connectivity index is 1.80. The lowest BCUT2D eigenvalue weighted by atomic mass is 10.1. The fraction of sp³-hybridized carbons (Fsp3) is 0.316. The number of carbonyl (C=O) groups excluding carboxylic acids is 1. The second-order valence-electron chi connectivity index (χ2n) is 5.39. The summed E-state index contributed by atoms with van der Waals surface area (Å²) in [5, 5.41) is 5.96. The predicted molar refractivity (Wildman–Crippen MR) is 97.7 cm³/mol. The van der Waals surface area contributed by atoms with Gasteiger partial charge in [-0.3, -0.25) is 4.79 Å². The molecule has 0 saturated heterocycles. The van der Waals surface area contributed by atoms with E-state index in [-0.39, 0.29) is 12.5 Å². The third-order valence-electron chi connectivity index (χ3n) is 3.69. The van der Waals surface area contributed by atoms with Crippen molar-refractivity contribution < 1.29 is 19.0 Å². The highest BCUT2D eigenvalue weighted by atomic mass is 16.5. The van der Waals surface area contributed by atoms with Crippen molar-refractivity contribution in [3.63, 3.8) is 0 Å². The van der Waals surface area contributed by atoms with E-state index >= 15 is 0 Å². The van der Waals surface area contributed by atoms with Crippen LogP contribution in [0.1, 0.15) is 5.56 Å². The van der Waals surface area contributed by atoms with Crippen molar-refractivity contribution in [3.8, 4) is 17.2 Å². The topological polar surface area (TPSA) is 68.8 Å². The lowest BCUT2D eigenvalue weighted by Crippen LogP contribution is -2.29. The summed E-state index contributed by atoms with van der Waals surface area (Å²) in [6.07, 6.45) is 0.812. The zero-order valence-electron chi connectivity index (χ0n) is 14.8. The van der Waals surface area contributed by atoms with Crippen LogP contribution in [0.3, 0.4) is 0 Å². The van der Waals surface area contributed by atoms with Crippen molar-refractivity contribution in [1.82, 2.24) is 5.32 Å². The average molecular weight is 344 g/mol. The number of methoxy groups -OCH3 is 3. The number of hydrogen-bond acceptors (Lipinski definition) is 5. The van der Waals surface area contributed by atoms with E-state index in [9.17, 15) is 4.79 Å². The van der Waals surface area contributed by atoms with Crippen molar-refractivity contribution in [2.45, 2.75) is 6.42 Å². The lowest BCUT2D eigenvalue weighted by molar-refractivity contribution is -0.115. The first-order chi connectivity index (χ1) is 12.2. The van der Waals surface area contributed by atoms with Crippen LogP contribution in [0.15, 0.2) is 42.5 Å². The van der Waals surface area contributed by atoms with Crippen LogP contribution >= 0.6 is 0 Å². The van der Waals surface area contributed by atoms with Crippen LogP contribution in [0, 0.1) is 0 Å². The van der Waals surface area contributed by atoms with Crippen LogP contribution in [0.4, 0.5) is 5.69 Å². The Bertz CT molecular complexity index is 704. The first-order valence-electron chi connectivity index (χ1n) is 8.01. The summed E-state index contributed by atoms with van der Waals surface area (Å²) in [6, 6.07) is 13.1. The molecule has 0 saturated carbocycles. The number of hydrogen-bond donors (Lipinski definition) is 2. The maximum Gasteiger partial charge on any atom is 0.238 e. The lowest BCUT2D eigenvalue weighted by Gasteiger charge is -2.12. The van der Waals surface area contributed by atoms with Gasteiger partial charge in [0.25, 0.3) is 0 Å². The van der Waals surface area contributed by atoms with Gasteiger partial charge in [0.05, 0.1) is 33.6 Å². The quantitative estimate of drug-likeness (QED) is 0.684. The summed E-state index contributed by atoms with van der Waals surface area (Å²) in [7, 11) is 4.78. The maximum absolute atomic E-state index is 12.1. The Morgan fingerprint density at radius 3 is 2.44 bits per heavy atom. The van der Waals surface area contributed by atoms with E-state index in [1.807, 2.05) is 24.3 Å². The number of rotatable bonds is 9. The van der Waals surface area contributed by atoms with Crippen molar-refractivity contribution in [1.29, 1.82) is 0 Å². The molecule has 2 rings (SSSR count). The molecule has 0 aliphatic rings. The van der Waals surface area contributed by atoms with Gasteiger partial charge in [-0.1, -0.05) is 12.1 Å². The fourth-order valence-corrected chi connectivity index (χ4v) is 2.37. The third-order valence-corrected chi connectivity index (χ3v) is 3.69. The second-order valence-corrected chi connectivity index (χ2v) is 5.39. The molecule has 0 bridgehead atoms. The number of nitrogens with one attached hydrogen (secondary N) is 2. The molecule has 134 valence electrons. The number of amides is 1. The van der Waals surface area contributed by atoms with E-state index in [1.165, 1.54) is 0 Å². The van der Waals surface area contributed by atoms with Crippen molar-refractivity contribution in [2.75, 3.05) is 39.7 Å². The second kappa shape index (κ2) is 9.54.